The van der Waals surface area contributed by atoms with Crippen molar-refractivity contribution >= 4 is 11.3 Å². The summed E-state index contributed by atoms with van der Waals surface area (Å²) in [6.07, 6.45) is 4.93. The van der Waals surface area contributed by atoms with Crippen LogP contribution in [0.4, 0.5) is 0 Å². The normalized spacial score (nSPS) is 11.2. The molecule has 0 radical (unpaired) electrons. The van der Waals surface area contributed by atoms with Gasteiger partial charge in [0, 0.05) is 28.1 Å². The number of rotatable bonds is 6. The molecule has 0 bridgehead atoms. The van der Waals surface area contributed by atoms with Crippen molar-refractivity contribution in [1.29, 1.82) is 0 Å². The van der Waals surface area contributed by atoms with Gasteiger partial charge in [-0.15, -0.1) is 11.3 Å². The molecule has 0 spiro atoms. The molecule has 0 amide bonds. The van der Waals surface area contributed by atoms with Gasteiger partial charge in [-0.25, -0.2) is 0 Å². The van der Waals surface area contributed by atoms with Crippen molar-refractivity contribution in [3.63, 3.8) is 0 Å². The molecule has 0 aliphatic heterocycles. The molecular weight excluding hydrogens is 350 g/mol. The van der Waals surface area contributed by atoms with E-state index >= 15 is 0 Å². The van der Waals surface area contributed by atoms with Gasteiger partial charge in [-0.05, 0) is 74.1 Å². The third-order valence-corrected chi connectivity index (χ3v) is 6.55. The molecule has 1 aromatic carbocycles. The predicted molar refractivity (Wildman–Crippen MR) is 114 cm³/mol. The topological polar surface area (TPSA) is 28.9 Å². The van der Waals surface area contributed by atoms with Crippen LogP contribution in [0, 0.1) is 20.8 Å². The van der Waals surface area contributed by atoms with Crippen molar-refractivity contribution in [2.45, 2.75) is 40.0 Å². The Morgan fingerprint density at radius 1 is 0.926 bits per heavy atom. The number of hydrogen-bond acceptors (Lipinski definition) is 2. The molecule has 0 aliphatic carbocycles. The minimum atomic E-state index is 0.854. The Balaban J connectivity index is 1.46. The zero-order valence-electron chi connectivity index (χ0n) is 16.1. The van der Waals surface area contributed by atoms with Crippen LogP contribution in [-0.2, 0) is 19.3 Å². The van der Waals surface area contributed by atoms with Gasteiger partial charge < -0.3 is 9.40 Å². The van der Waals surface area contributed by atoms with E-state index in [1.54, 1.807) is 0 Å². The van der Waals surface area contributed by atoms with E-state index in [0.717, 1.165) is 30.8 Å². The summed E-state index contributed by atoms with van der Waals surface area (Å²) in [6.45, 7) is 6.41. The first-order chi connectivity index (χ1) is 13.1. The minimum Gasteiger partial charge on any atom is -0.466 e. The molecule has 1 N–H and O–H groups in total. The lowest BCUT2D eigenvalue weighted by molar-refractivity contribution is 0.489. The summed E-state index contributed by atoms with van der Waals surface area (Å²) in [5.41, 5.74) is 6.54. The van der Waals surface area contributed by atoms with Gasteiger partial charge in [-0.1, -0.05) is 30.3 Å². The summed E-state index contributed by atoms with van der Waals surface area (Å²) in [7, 11) is 0. The average Bonchev–Trinajstić information content (AvgIpc) is 3.34. The van der Waals surface area contributed by atoms with Crippen molar-refractivity contribution in [2.75, 3.05) is 0 Å². The molecule has 0 fully saturated rings. The number of hydrogen-bond donors (Lipinski definition) is 1. The first-order valence-corrected chi connectivity index (χ1v) is 10.3. The Hall–Kier alpha value is -2.52. The van der Waals surface area contributed by atoms with Gasteiger partial charge in [0.2, 0.25) is 0 Å². The fourth-order valence-electron chi connectivity index (χ4n) is 3.55. The highest BCUT2D eigenvalue weighted by Crippen LogP contribution is 2.32. The second-order valence-electron chi connectivity index (χ2n) is 7.18. The smallest absolute Gasteiger partial charge is 0.108 e. The summed E-state index contributed by atoms with van der Waals surface area (Å²) < 4.78 is 6.03. The van der Waals surface area contributed by atoms with Gasteiger partial charge in [0.05, 0.1) is 0 Å². The van der Waals surface area contributed by atoms with E-state index in [4.69, 9.17) is 4.42 Å². The molecule has 4 aromatic rings. The van der Waals surface area contributed by atoms with E-state index in [1.807, 2.05) is 17.5 Å². The maximum Gasteiger partial charge on any atom is 0.108 e. The Labute approximate surface area is 164 Å². The monoisotopic (exact) mass is 375 g/mol. The summed E-state index contributed by atoms with van der Waals surface area (Å²) in [6, 6.07) is 17.3. The summed E-state index contributed by atoms with van der Waals surface area (Å²) in [5.74, 6) is 2.11. The van der Waals surface area contributed by atoms with Gasteiger partial charge in [0.1, 0.15) is 11.5 Å². The van der Waals surface area contributed by atoms with E-state index in [1.165, 1.54) is 37.7 Å². The molecule has 2 nitrogen and oxygen atoms in total. The highest BCUT2D eigenvalue weighted by molar-refractivity contribution is 7.15. The first-order valence-electron chi connectivity index (χ1n) is 9.46. The maximum absolute atomic E-state index is 6.03. The Morgan fingerprint density at radius 2 is 1.74 bits per heavy atom. The third kappa shape index (κ3) is 3.93. The number of thiophene rings is 1. The van der Waals surface area contributed by atoms with Crippen LogP contribution in [0.15, 0.2) is 59.1 Å². The molecule has 0 aliphatic rings. The summed E-state index contributed by atoms with van der Waals surface area (Å²) >= 11 is 1.92. The van der Waals surface area contributed by atoms with Crippen LogP contribution in [0.25, 0.3) is 10.4 Å². The summed E-state index contributed by atoms with van der Waals surface area (Å²) in [5, 5.41) is 0. The van der Waals surface area contributed by atoms with E-state index in [2.05, 4.69) is 74.3 Å². The molecule has 4 rings (SSSR count). The SMILES string of the molecule is Cc1cc(-c2ccccc2)sc1CCc1cc(Cc2cc[nH]c2C)oc1C. The van der Waals surface area contributed by atoms with Gasteiger partial charge in [0.15, 0.2) is 0 Å². The maximum atomic E-state index is 6.03. The van der Waals surface area contributed by atoms with Crippen molar-refractivity contribution in [3.05, 3.63) is 93.5 Å². The van der Waals surface area contributed by atoms with Crippen LogP contribution in [0.2, 0.25) is 0 Å². The molecule has 0 atom stereocenters. The molecule has 0 unspecified atom stereocenters. The molecule has 0 saturated heterocycles. The van der Waals surface area contributed by atoms with Crippen LogP contribution in [0.5, 0.6) is 0 Å². The first kappa shape index (κ1) is 17.9. The van der Waals surface area contributed by atoms with Crippen molar-refractivity contribution < 1.29 is 4.42 Å². The molecule has 138 valence electrons. The van der Waals surface area contributed by atoms with Gasteiger partial charge in [0.25, 0.3) is 0 Å². The molecule has 3 aromatic heterocycles. The number of nitrogens with one attached hydrogen (secondary N) is 1. The van der Waals surface area contributed by atoms with Crippen molar-refractivity contribution in [1.82, 2.24) is 4.98 Å². The minimum absolute atomic E-state index is 0.854. The number of furan rings is 1. The lowest BCUT2D eigenvalue weighted by Gasteiger charge is -1.99. The zero-order valence-corrected chi connectivity index (χ0v) is 17.0. The molecular formula is C24H25NOS. The number of aromatic amines is 1. The highest BCUT2D eigenvalue weighted by atomic mass is 32.1. The average molecular weight is 376 g/mol. The van der Waals surface area contributed by atoms with Gasteiger partial charge in [-0.2, -0.15) is 0 Å². The fourth-order valence-corrected chi connectivity index (χ4v) is 4.73. The lowest BCUT2D eigenvalue weighted by Crippen LogP contribution is -1.90. The molecule has 27 heavy (non-hydrogen) atoms. The van der Waals surface area contributed by atoms with Crippen LogP contribution >= 0.6 is 11.3 Å². The van der Waals surface area contributed by atoms with Crippen molar-refractivity contribution in [2.24, 2.45) is 0 Å². The Kier molecular flexibility index (Phi) is 5.04. The van der Waals surface area contributed by atoms with E-state index in [0.29, 0.717) is 0 Å². The standard InChI is InChI=1S/C24H25NOS/c1-16-13-24(19-7-5-4-6-8-19)27-23(16)10-9-21-15-22(26-18(21)3)14-20-11-12-25-17(20)2/h4-8,11-13,15,25H,9-10,14H2,1-3H3. The zero-order chi connectivity index (χ0) is 18.8. The van der Waals surface area contributed by atoms with Gasteiger partial charge >= 0.3 is 0 Å². The lowest BCUT2D eigenvalue weighted by atomic mass is 10.1. The number of aryl methyl sites for hydroxylation is 5. The quantitative estimate of drug-likeness (QED) is 0.402. The predicted octanol–water partition coefficient (Wildman–Crippen LogP) is 6.64. The molecule has 3 heterocycles. The fraction of sp³-hybridized carbons (Fsp3) is 0.250. The number of benzene rings is 1. The van der Waals surface area contributed by atoms with Gasteiger partial charge in [-0.3, -0.25) is 0 Å². The van der Waals surface area contributed by atoms with E-state index < -0.39 is 0 Å². The van der Waals surface area contributed by atoms with Crippen LogP contribution < -0.4 is 0 Å². The Morgan fingerprint density at radius 3 is 2.48 bits per heavy atom. The summed E-state index contributed by atoms with van der Waals surface area (Å²) in [4.78, 5) is 6.07. The molecule has 3 heteroatoms. The second-order valence-corrected chi connectivity index (χ2v) is 8.32. The Bertz CT molecular complexity index is 1040. The highest BCUT2D eigenvalue weighted by Gasteiger charge is 2.12. The number of H-pyrrole nitrogens is 1. The second kappa shape index (κ2) is 7.61. The molecule has 0 saturated carbocycles. The van der Waals surface area contributed by atoms with E-state index in [-0.39, 0.29) is 0 Å². The van der Waals surface area contributed by atoms with E-state index in [9.17, 15) is 0 Å². The third-order valence-electron chi connectivity index (χ3n) is 5.20. The van der Waals surface area contributed by atoms with Crippen LogP contribution in [0.3, 0.4) is 0 Å². The van der Waals surface area contributed by atoms with Crippen LogP contribution in [0.1, 0.15) is 38.8 Å². The van der Waals surface area contributed by atoms with Crippen LogP contribution in [-0.4, -0.2) is 4.98 Å². The number of aromatic nitrogens is 1. The largest absolute Gasteiger partial charge is 0.466 e. The van der Waals surface area contributed by atoms with Crippen molar-refractivity contribution in [3.8, 4) is 10.4 Å².